The van der Waals surface area contributed by atoms with Crippen molar-refractivity contribution in [3.8, 4) is 5.75 Å². The SMILES string of the molecule is COC(=O)[C@H](Cc1ccc(C(F)(F)F)cc1)NC(=O)[C@H](Cc1ccc(O)cc1)NC(=O)OC(C)(C)C. The van der Waals surface area contributed by atoms with Crippen molar-refractivity contribution in [2.45, 2.75) is 57.5 Å². The maximum absolute atomic E-state index is 13.1. The van der Waals surface area contributed by atoms with Gasteiger partial charge in [0.15, 0.2) is 0 Å². The molecule has 11 heteroatoms. The highest BCUT2D eigenvalue weighted by atomic mass is 19.4. The highest BCUT2D eigenvalue weighted by Crippen LogP contribution is 2.29. The zero-order valence-electron chi connectivity index (χ0n) is 20.3. The second-order valence-electron chi connectivity index (χ2n) is 9.05. The average Bonchev–Trinajstić information content (AvgIpc) is 2.77. The summed E-state index contributed by atoms with van der Waals surface area (Å²) in [6.45, 7) is 4.96. The first kappa shape index (κ1) is 28.5. The van der Waals surface area contributed by atoms with Gasteiger partial charge in [-0.3, -0.25) is 4.79 Å². The van der Waals surface area contributed by atoms with Gasteiger partial charge in [0, 0.05) is 12.8 Å². The lowest BCUT2D eigenvalue weighted by Crippen LogP contribution is -2.53. The minimum atomic E-state index is -4.51. The summed E-state index contributed by atoms with van der Waals surface area (Å²) < 4.78 is 48.5. The van der Waals surface area contributed by atoms with E-state index in [4.69, 9.17) is 9.47 Å². The van der Waals surface area contributed by atoms with Gasteiger partial charge < -0.3 is 25.2 Å². The third-order valence-electron chi connectivity index (χ3n) is 4.91. The summed E-state index contributed by atoms with van der Waals surface area (Å²) in [5.41, 5.74) is -0.725. The molecule has 0 heterocycles. The number of benzene rings is 2. The lowest BCUT2D eigenvalue weighted by atomic mass is 10.0. The molecule has 0 saturated heterocycles. The van der Waals surface area contributed by atoms with Gasteiger partial charge in [-0.2, -0.15) is 13.2 Å². The molecule has 2 aromatic carbocycles. The van der Waals surface area contributed by atoms with Crippen molar-refractivity contribution in [3.05, 3.63) is 65.2 Å². The Morgan fingerprint density at radius 3 is 1.83 bits per heavy atom. The molecule has 0 spiro atoms. The maximum Gasteiger partial charge on any atom is 0.416 e. The fourth-order valence-corrected chi connectivity index (χ4v) is 3.20. The summed E-state index contributed by atoms with van der Waals surface area (Å²) >= 11 is 0. The molecule has 0 saturated carbocycles. The second kappa shape index (κ2) is 11.8. The number of rotatable bonds is 8. The first-order valence-electron chi connectivity index (χ1n) is 11.0. The lowest BCUT2D eigenvalue weighted by Gasteiger charge is -2.25. The molecule has 0 aliphatic rings. The van der Waals surface area contributed by atoms with Crippen LogP contribution in [-0.4, -0.2) is 47.9 Å². The van der Waals surface area contributed by atoms with E-state index in [1.165, 1.54) is 24.3 Å². The van der Waals surface area contributed by atoms with E-state index in [2.05, 4.69) is 10.6 Å². The van der Waals surface area contributed by atoms with Gasteiger partial charge in [0.2, 0.25) is 5.91 Å². The number of hydrogen-bond acceptors (Lipinski definition) is 6. The van der Waals surface area contributed by atoms with Crippen LogP contribution in [0.2, 0.25) is 0 Å². The van der Waals surface area contributed by atoms with E-state index >= 15 is 0 Å². The summed E-state index contributed by atoms with van der Waals surface area (Å²) in [7, 11) is 1.11. The molecule has 196 valence electrons. The van der Waals surface area contributed by atoms with Crippen molar-refractivity contribution < 1.29 is 42.1 Å². The normalized spacial score (nSPS) is 13.3. The molecule has 2 amide bonds. The minimum absolute atomic E-state index is 0.000468. The molecular formula is C25H29F3N2O6. The van der Waals surface area contributed by atoms with Crippen LogP contribution in [0.4, 0.5) is 18.0 Å². The Morgan fingerprint density at radius 1 is 0.861 bits per heavy atom. The third kappa shape index (κ3) is 9.12. The van der Waals surface area contributed by atoms with Gasteiger partial charge in [0.05, 0.1) is 12.7 Å². The van der Waals surface area contributed by atoms with Gasteiger partial charge in [0.25, 0.3) is 0 Å². The quantitative estimate of drug-likeness (QED) is 0.466. The Bertz CT molecular complexity index is 1050. The summed E-state index contributed by atoms with van der Waals surface area (Å²) in [4.78, 5) is 37.8. The van der Waals surface area contributed by atoms with Crippen LogP contribution >= 0.6 is 0 Å². The van der Waals surface area contributed by atoms with Gasteiger partial charge in [-0.1, -0.05) is 24.3 Å². The summed E-state index contributed by atoms with van der Waals surface area (Å²) in [6.07, 6.45) is -5.52. The number of alkyl carbamates (subject to hydrolysis) is 1. The number of carbonyl (C=O) groups excluding carboxylic acids is 3. The Morgan fingerprint density at radius 2 is 1.36 bits per heavy atom. The van der Waals surface area contributed by atoms with E-state index in [1.807, 2.05) is 0 Å². The monoisotopic (exact) mass is 510 g/mol. The maximum atomic E-state index is 13.1. The molecule has 0 radical (unpaired) electrons. The van der Waals surface area contributed by atoms with E-state index < -0.39 is 47.4 Å². The van der Waals surface area contributed by atoms with Crippen molar-refractivity contribution in [1.29, 1.82) is 0 Å². The van der Waals surface area contributed by atoms with Crippen LogP contribution in [-0.2, 0) is 38.1 Å². The molecule has 0 fully saturated rings. The van der Waals surface area contributed by atoms with E-state index in [9.17, 15) is 32.7 Å². The smallest absolute Gasteiger partial charge is 0.416 e. The number of alkyl halides is 3. The number of hydrogen-bond donors (Lipinski definition) is 3. The van der Waals surface area contributed by atoms with Crippen LogP contribution in [0.5, 0.6) is 5.75 Å². The summed E-state index contributed by atoms with van der Waals surface area (Å²) in [5, 5.41) is 14.5. The second-order valence-corrected chi connectivity index (χ2v) is 9.05. The number of aromatic hydroxyl groups is 1. The number of nitrogens with one attached hydrogen (secondary N) is 2. The predicted molar refractivity (Wildman–Crippen MR) is 124 cm³/mol. The van der Waals surface area contributed by atoms with E-state index in [1.54, 1.807) is 32.9 Å². The first-order chi connectivity index (χ1) is 16.7. The molecule has 0 aliphatic carbocycles. The standard InChI is InChI=1S/C25H29F3N2O6/c1-24(2,3)36-23(34)30-19(13-16-7-11-18(31)12-8-16)21(32)29-20(22(33)35-4)14-15-5-9-17(10-6-15)25(26,27)28/h5-12,19-20,31H,13-14H2,1-4H3,(H,29,32)(H,30,34)/t19-,20-/m0/s1. The minimum Gasteiger partial charge on any atom is -0.508 e. The van der Waals surface area contributed by atoms with Crippen LogP contribution in [0.1, 0.15) is 37.5 Å². The van der Waals surface area contributed by atoms with E-state index in [-0.39, 0.29) is 18.6 Å². The Hall–Kier alpha value is -3.76. The Kier molecular flexibility index (Phi) is 9.32. The number of halogens is 3. The molecule has 36 heavy (non-hydrogen) atoms. The Balaban J connectivity index is 2.23. The lowest BCUT2D eigenvalue weighted by molar-refractivity contribution is -0.145. The van der Waals surface area contributed by atoms with Crippen molar-refractivity contribution >= 4 is 18.0 Å². The first-order valence-corrected chi connectivity index (χ1v) is 11.0. The van der Waals surface area contributed by atoms with Crippen LogP contribution in [0, 0.1) is 0 Å². The molecule has 2 rings (SSSR count). The third-order valence-corrected chi connectivity index (χ3v) is 4.91. The predicted octanol–water partition coefficient (Wildman–Crippen LogP) is 3.75. The van der Waals surface area contributed by atoms with Crippen molar-refractivity contribution in [2.24, 2.45) is 0 Å². The summed E-state index contributed by atoms with van der Waals surface area (Å²) in [5.74, 6) is -1.54. The van der Waals surface area contributed by atoms with Gasteiger partial charge >= 0.3 is 18.2 Å². The number of esters is 1. The Labute approximate surface area is 206 Å². The molecular weight excluding hydrogens is 481 g/mol. The highest BCUT2D eigenvalue weighted by Gasteiger charge is 2.31. The molecule has 0 bridgehead atoms. The molecule has 8 nitrogen and oxygen atoms in total. The summed E-state index contributed by atoms with van der Waals surface area (Å²) in [6, 6.07) is 7.71. The van der Waals surface area contributed by atoms with Crippen LogP contribution in [0.3, 0.4) is 0 Å². The average molecular weight is 511 g/mol. The molecule has 3 N–H and O–H groups in total. The zero-order chi connectivity index (χ0) is 27.1. The van der Waals surface area contributed by atoms with Crippen LogP contribution in [0.25, 0.3) is 0 Å². The van der Waals surface area contributed by atoms with Gasteiger partial charge in [-0.05, 0) is 56.2 Å². The van der Waals surface area contributed by atoms with Gasteiger partial charge in [-0.25, -0.2) is 9.59 Å². The molecule has 2 atom stereocenters. The van der Waals surface area contributed by atoms with Gasteiger partial charge in [0.1, 0.15) is 23.4 Å². The van der Waals surface area contributed by atoms with E-state index in [0.717, 1.165) is 19.2 Å². The molecule has 0 aromatic heterocycles. The number of methoxy groups -OCH3 is 1. The van der Waals surface area contributed by atoms with Crippen LogP contribution in [0.15, 0.2) is 48.5 Å². The van der Waals surface area contributed by atoms with Crippen molar-refractivity contribution in [2.75, 3.05) is 7.11 Å². The fraction of sp³-hybridized carbons (Fsp3) is 0.400. The zero-order valence-corrected chi connectivity index (χ0v) is 20.3. The molecule has 2 aromatic rings. The number of phenolic OH excluding ortho intramolecular Hbond substituents is 1. The van der Waals surface area contributed by atoms with Crippen LogP contribution < -0.4 is 10.6 Å². The molecule has 0 aliphatic heterocycles. The highest BCUT2D eigenvalue weighted by molar-refractivity contribution is 5.90. The number of carbonyl (C=O) groups is 3. The number of amides is 2. The topological polar surface area (TPSA) is 114 Å². The van der Waals surface area contributed by atoms with E-state index in [0.29, 0.717) is 11.1 Å². The van der Waals surface area contributed by atoms with Crippen molar-refractivity contribution in [1.82, 2.24) is 10.6 Å². The van der Waals surface area contributed by atoms with Gasteiger partial charge in [-0.15, -0.1) is 0 Å². The number of ether oxygens (including phenoxy) is 2. The van der Waals surface area contributed by atoms with Crippen molar-refractivity contribution in [3.63, 3.8) is 0 Å². The largest absolute Gasteiger partial charge is 0.508 e. The fourth-order valence-electron chi connectivity index (χ4n) is 3.20. The number of phenols is 1. The molecule has 0 unspecified atom stereocenters.